The minimum atomic E-state index is -4.57. The summed E-state index contributed by atoms with van der Waals surface area (Å²) in [5.74, 6) is -2.62. The molecular weight excluding hydrogens is 332 g/mol. The van der Waals surface area contributed by atoms with Gasteiger partial charge >= 0.3 is 18.4 Å². The smallest absolute Gasteiger partial charge is 0.335 e. The molecule has 0 aliphatic carbocycles. The summed E-state index contributed by atoms with van der Waals surface area (Å²) in [6, 6.07) is -0.896. The average Bonchev–Trinajstić information content (AvgIpc) is 2.41. The minimum absolute atomic E-state index is 0.0828. The van der Waals surface area contributed by atoms with Crippen LogP contribution < -0.4 is 5.32 Å². The number of likely N-dealkylation sites (tertiary alicyclic amines) is 1. The van der Waals surface area contributed by atoms with Crippen LogP contribution in [0.3, 0.4) is 0 Å². The highest BCUT2D eigenvalue weighted by Crippen LogP contribution is 2.33. The number of amides is 3. The van der Waals surface area contributed by atoms with Gasteiger partial charge in [0, 0.05) is 20.1 Å². The van der Waals surface area contributed by atoms with Crippen molar-refractivity contribution in [3.8, 4) is 0 Å². The molecule has 0 aromatic heterocycles. The summed E-state index contributed by atoms with van der Waals surface area (Å²) in [6.45, 7) is -2.60. The summed E-state index contributed by atoms with van der Waals surface area (Å²) in [5.41, 5.74) is 0. The van der Waals surface area contributed by atoms with Gasteiger partial charge in [-0.1, -0.05) is 0 Å². The standard InChI is InChI=1S/C12H17F6N3O2/c1-20(7-11(13,14)15)9(22)5-19-10(23)21-4-2-3-8(6-21)12(16,17)18/h8H,2-7H2,1H3,(H,19,23)/t8-/m0/s1. The van der Waals surface area contributed by atoms with Crippen molar-refractivity contribution in [2.24, 2.45) is 5.92 Å². The first-order chi connectivity index (χ1) is 10.4. The second-order valence-corrected chi connectivity index (χ2v) is 5.35. The number of nitrogens with zero attached hydrogens (tertiary/aromatic N) is 2. The summed E-state index contributed by atoms with van der Waals surface area (Å²) in [7, 11) is 0.919. The molecule has 0 unspecified atom stereocenters. The minimum Gasteiger partial charge on any atom is -0.335 e. The van der Waals surface area contributed by atoms with E-state index in [4.69, 9.17) is 0 Å². The third-order valence-electron chi connectivity index (χ3n) is 3.40. The van der Waals surface area contributed by atoms with Gasteiger partial charge in [0.2, 0.25) is 5.91 Å². The van der Waals surface area contributed by atoms with Gasteiger partial charge < -0.3 is 15.1 Å². The Bertz CT molecular complexity index is 437. The SMILES string of the molecule is CN(CC(F)(F)F)C(=O)CNC(=O)N1CCC[C@H](C(F)(F)F)C1. The lowest BCUT2D eigenvalue weighted by Gasteiger charge is -2.33. The molecular formula is C12H17F6N3O2. The number of nitrogens with one attached hydrogen (secondary N) is 1. The maximum atomic E-state index is 12.6. The first-order valence-corrected chi connectivity index (χ1v) is 6.80. The van der Waals surface area contributed by atoms with Crippen molar-refractivity contribution < 1.29 is 35.9 Å². The molecule has 0 aromatic carbocycles. The number of halogens is 6. The molecule has 5 nitrogen and oxygen atoms in total. The molecule has 0 radical (unpaired) electrons. The highest BCUT2D eigenvalue weighted by atomic mass is 19.4. The molecule has 0 saturated carbocycles. The Labute approximate surface area is 128 Å². The first-order valence-electron chi connectivity index (χ1n) is 6.80. The molecule has 1 N–H and O–H groups in total. The first kappa shape index (κ1) is 19.4. The zero-order valence-corrected chi connectivity index (χ0v) is 12.3. The Balaban J connectivity index is 2.46. The van der Waals surface area contributed by atoms with Crippen LogP contribution in [0, 0.1) is 5.92 Å². The van der Waals surface area contributed by atoms with E-state index in [-0.39, 0.29) is 19.4 Å². The van der Waals surface area contributed by atoms with Gasteiger partial charge in [-0.25, -0.2) is 4.79 Å². The lowest BCUT2D eigenvalue weighted by Crippen LogP contribution is -2.50. The second-order valence-electron chi connectivity index (χ2n) is 5.35. The lowest BCUT2D eigenvalue weighted by molar-refractivity contribution is -0.184. The Morgan fingerprint density at radius 2 is 1.83 bits per heavy atom. The fourth-order valence-electron chi connectivity index (χ4n) is 2.18. The van der Waals surface area contributed by atoms with Crippen molar-refractivity contribution in [1.82, 2.24) is 15.1 Å². The van der Waals surface area contributed by atoms with Gasteiger partial charge in [0.05, 0.1) is 12.5 Å². The number of urea groups is 1. The maximum Gasteiger partial charge on any atom is 0.406 e. The normalized spacial score (nSPS) is 19.4. The fraction of sp³-hybridized carbons (Fsp3) is 0.833. The Kier molecular flexibility index (Phi) is 6.11. The van der Waals surface area contributed by atoms with Gasteiger partial charge in [0.15, 0.2) is 0 Å². The van der Waals surface area contributed by atoms with Gasteiger partial charge in [-0.3, -0.25) is 4.79 Å². The van der Waals surface area contributed by atoms with E-state index in [9.17, 15) is 35.9 Å². The molecule has 23 heavy (non-hydrogen) atoms. The molecule has 0 spiro atoms. The van der Waals surface area contributed by atoms with Crippen LogP contribution in [0.4, 0.5) is 31.1 Å². The molecule has 3 amide bonds. The van der Waals surface area contributed by atoms with Gasteiger partial charge in [-0.15, -0.1) is 0 Å². The second kappa shape index (κ2) is 7.26. The molecule has 1 saturated heterocycles. The number of piperidine rings is 1. The molecule has 1 fully saturated rings. The summed E-state index contributed by atoms with van der Waals surface area (Å²) in [6.07, 6.45) is -8.90. The van der Waals surface area contributed by atoms with Crippen LogP contribution in [0.2, 0.25) is 0 Å². The number of rotatable bonds is 3. The Morgan fingerprint density at radius 1 is 1.22 bits per heavy atom. The Hall–Kier alpha value is -1.68. The third-order valence-corrected chi connectivity index (χ3v) is 3.40. The van der Waals surface area contributed by atoms with Crippen molar-refractivity contribution >= 4 is 11.9 Å². The number of hydrogen-bond donors (Lipinski definition) is 1. The molecule has 1 heterocycles. The van der Waals surface area contributed by atoms with Crippen LogP contribution >= 0.6 is 0 Å². The average molecular weight is 349 g/mol. The van der Waals surface area contributed by atoms with Crippen LogP contribution in [-0.2, 0) is 4.79 Å². The van der Waals surface area contributed by atoms with E-state index >= 15 is 0 Å². The van der Waals surface area contributed by atoms with Gasteiger partial charge in [-0.05, 0) is 12.8 Å². The van der Waals surface area contributed by atoms with Gasteiger partial charge in [0.25, 0.3) is 0 Å². The summed E-state index contributed by atoms with van der Waals surface area (Å²) in [5, 5.41) is 2.05. The van der Waals surface area contributed by atoms with E-state index in [2.05, 4.69) is 5.32 Å². The number of hydrogen-bond acceptors (Lipinski definition) is 2. The predicted octanol–water partition coefficient (Wildman–Crippen LogP) is 1.99. The van der Waals surface area contributed by atoms with Crippen molar-refractivity contribution in [1.29, 1.82) is 0 Å². The van der Waals surface area contributed by atoms with Crippen molar-refractivity contribution in [2.45, 2.75) is 25.2 Å². The molecule has 0 aromatic rings. The van der Waals surface area contributed by atoms with E-state index in [1.807, 2.05) is 0 Å². The van der Waals surface area contributed by atoms with Crippen LogP contribution in [0.25, 0.3) is 0 Å². The quantitative estimate of drug-likeness (QED) is 0.793. The van der Waals surface area contributed by atoms with E-state index in [0.29, 0.717) is 4.90 Å². The lowest BCUT2D eigenvalue weighted by atomic mass is 9.98. The van der Waals surface area contributed by atoms with E-state index in [1.54, 1.807) is 0 Å². The molecule has 0 bridgehead atoms. The summed E-state index contributed by atoms with van der Waals surface area (Å²) >= 11 is 0. The van der Waals surface area contributed by atoms with Crippen LogP contribution in [0.1, 0.15) is 12.8 Å². The number of carbonyl (C=O) groups is 2. The van der Waals surface area contributed by atoms with Gasteiger partial charge in [0.1, 0.15) is 6.54 Å². The van der Waals surface area contributed by atoms with E-state index in [0.717, 1.165) is 11.9 Å². The van der Waals surface area contributed by atoms with Crippen LogP contribution in [0.5, 0.6) is 0 Å². The zero-order chi connectivity index (χ0) is 17.8. The molecule has 1 aliphatic rings. The molecule has 134 valence electrons. The third kappa shape index (κ3) is 6.53. The highest BCUT2D eigenvalue weighted by Gasteiger charge is 2.42. The molecule has 1 atom stereocenters. The summed E-state index contributed by atoms with van der Waals surface area (Å²) < 4.78 is 74.2. The number of alkyl halides is 6. The molecule has 11 heteroatoms. The van der Waals surface area contributed by atoms with E-state index in [1.165, 1.54) is 0 Å². The topological polar surface area (TPSA) is 52.7 Å². The van der Waals surface area contributed by atoms with Crippen molar-refractivity contribution in [3.05, 3.63) is 0 Å². The number of carbonyl (C=O) groups excluding carboxylic acids is 2. The van der Waals surface area contributed by atoms with Crippen molar-refractivity contribution in [2.75, 3.05) is 33.2 Å². The largest absolute Gasteiger partial charge is 0.406 e. The predicted molar refractivity (Wildman–Crippen MR) is 67.4 cm³/mol. The van der Waals surface area contributed by atoms with Gasteiger partial charge in [-0.2, -0.15) is 26.3 Å². The fourth-order valence-corrected chi connectivity index (χ4v) is 2.18. The van der Waals surface area contributed by atoms with Crippen LogP contribution in [-0.4, -0.2) is 67.3 Å². The highest BCUT2D eigenvalue weighted by molar-refractivity contribution is 5.83. The van der Waals surface area contributed by atoms with Crippen molar-refractivity contribution in [3.63, 3.8) is 0 Å². The number of likely N-dealkylation sites (N-methyl/N-ethyl adjacent to an activating group) is 1. The molecule has 1 rings (SSSR count). The zero-order valence-electron chi connectivity index (χ0n) is 12.3. The van der Waals surface area contributed by atoms with Crippen LogP contribution in [0.15, 0.2) is 0 Å². The molecule has 1 aliphatic heterocycles. The van der Waals surface area contributed by atoms with E-state index < -0.39 is 49.8 Å². The summed E-state index contributed by atoms with van der Waals surface area (Å²) in [4.78, 5) is 24.5. The monoisotopic (exact) mass is 349 g/mol. The maximum absolute atomic E-state index is 12.6. The Morgan fingerprint density at radius 3 is 2.35 bits per heavy atom.